The highest BCUT2D eigenvalue weighted by Gasteiger charge is 2.27. The number of hydrogen-bond donors (Lipinski definition) is 4. The van der Waals surface area contributed by atoms with Gasteiger partial charge in [-0.25, -0.2) is 4.57 Å². The first-order valence-corrected chi connectivity index (χ1v) is 22.1. The van der Waals surface area contributed by atoms with Gasteiger partial charge in [0.1, 0.15) is 0 Å². The number of unbranched alkanes of at least 4 members (excludes halogenated alkanes) is 27. The third-order valence-corrected chi connectivity index (χ3v) is 10.4. The smallest absolute Gasteiger partial charge is 0.391 e. The van der Waals surface area contributed by atoms with Crippen molar-refractivity contribution in [1.82, 2.24) is 5.32 Å². The number of amides is 1. The summed E-state index contributed by atoms with van der Waals surface area (Å²) in [6.45, 7) is 4.20. The van der Waals surface area contributed by atoms with Crippen molar-refractivity contribution in [3.63, 3.8) is 0 Å². The first-order chi connectivity index (χ1) is 23.4. The summed E-state index contributed by atoms with van der Waals surface area (Å²) >= 11 is 0. The monoisotopic (exact) mass is 705 g/mol. The lowest BCUT2D eigenvalue weighted by atomic mass is 10.0. The molecular weight excluding hydrogens is 623 g/mol. The fourth-order valence-electron chi connectivity index (χ4n) is 6.31. The van der Waals surface area contributed by atoms with E-state index < -0.39 is 20.0 Å². The maximum absolute atomic E-state index is 12.7. The number of phosphoric ester groups is 1. The van der Waals surface area contributed by atoms with Crippen molar-refractivity contribution in [2.24, 2.45) is 5.73 Å². The van der Waals surface area contributed by atoms with Gasteiger partial charge in [-0.2, -0.15) is 0 Å². The number of phosphoric acid groups is 1. The third kappa shape index (κ3) is 34.0. The highest BCUT2D eigenvalue weighted by molar-refractivity contribution is 7.47. The molecule has 0 rings (SSSR count). The zero-order chi connectivity index (χ0) is 35.4. The van der Waals surface area contributed by atoms with Gasteiger partial charge in [0, 0.05) is 13.0 Å². The Morgan fingerprint density at radius 2 is 0.958 bits per heavy atom. The molecule has 1 amide bonds. The van der Waals surface area contributed by atoms with Gasteiger partial charge < -0.3 is 21.1 Å². The number of nitrogens with two attached hydrogens (primary N) is 1. The first-order valence-electron chi connectivity index (χ1n) is 20.7. The van der Waals surface area contributed by atoms with Crippen molar-refractivity contribution in [1.29, 1.82) is 0 Å². The van der Waals surface area contributed by atoms with Crippen LogP contribution in [0.1, 0.15) is 213 Å². The topological polar surface area (TPSA) is 131 Å². The predicted molar refractivity (Wildman–Crippen MR) is 203 cm³/mol. The SMILES string of the molecule is CCCCCCCCCCCCCCCCCCCCCCC(=O)N[C@@H](COP(=O)(O)OCCN)[C@H](O)CCCCCCCCCCC. The Kier molecular flexibility index (Phi) is 35.9. The molecule has 0 fully saturated rings. The molecule has 0 aliphatic heterocycles. The van der Waals surface area contributed by atoms with E-state index in [1.165, 1.54) is 148 Å². The zero-order valence-corrected chi connectivity index (χ0v) is 32.6. The van der Waals surface area contributed by atoms with Crippen LogP contribution in [0.25, 0.3) is 0 Å². The van der Waals surface area contributed by atoms with E-state index in [9.17, 15) is 19.4 Å². The average molecular weight is 705 g/mol. The molecule has 0 saturated heterocycles. The summed E-state index contributed by atoms with van der Waals surface area (Å²) in [6.07, 6.45) is 36.9. The van der Waals surface area contributed by atoms with E-state index in [0.29, 0.717) is 12.8 Å². The van der Waals surface area contributed by atoms with Gasteiger partial charge in [0.15, 0.2) is 0 Å². The number of carbonyl (C=O) groups excluding carboxylic acids is 1. The van der Waals surface area contributed by atoms with Crippen molar-refractivity contribution in [3.8, 4) is 0 Å². The Hall–Kier alpha value is -0.500. The molecule has 9 heteroatoms. The molecule has 0 aliphatic rings. The molecule has 5 N–H and O–H groups in total. The molecule has 48 heavy (non-hydrogen) atoms. The van der Waals surface area contributed by atoms with Crippen LogP contribution >= 0.6 is 7.82 Å². The number of aliphatic hydroxyl groups excluding tert-OH is 1. The van der Waals surface area contributed by atoms with E-state index in [1.54, 1.807) is 0 Å². The van der Waals surface area contributed by atoms with Gasteiger partial charge in [0.25, 0.3) is 0 Å². The molecule has 0 bridgehead atoms. The van der Waals surface area contributed by atoms with Gasteiger partial charge in [-0.3, -0.25) is 13.8 Å². The standard InChI is InChI=1S/C39H81N2O6P/c1-3-5-7-9-11-13-14-15-16-17-18-19-20-21-22-23-25-27-29-31-33-39(43)41-37(36-47-48(44,45)46-35-34-40)38(42)32-30-28-26-24-12-10-8-6-4-2/h37-38,42H,3-36,40H2,1-2H3,(H,41,43)(H,44,45)/t37-,38+/m0/s1. The predicted octanol–water partition coefficient (Wildman–Crippen LogP) is 11.1. The van der Waals surface area contributed by atoms with Crippen LogP contribution in [-0.2, 0) is 18.4 Å². The Labute approximate surface area is 297 Å². The van der Waals surface area contributed by atoms with Crippen molar-refractivity contribution >= 4 is 13.7 Å². The summed E-state index contributed by atoms with van der Waals surface area (Å²) in [5.74, 6) is -0.159. The van der Waals surface area contributed by atoms with Crippen LogP contribution in [-0.4, -0.2) is 47.8 Å². The zero-order valence-electron chi connectivity index (χ0n) is 31.7. The van der Waals surface area contributed by atoms with Crippen LogP contribution in [0.4, 0.5) is 0 Å². The average Bonchev–Trinajstić information content (AvgIpc) is 3.07. The maximum atomic E-state index is 12.7. The molecule has 0 aromatic heterocycles. The molecular formula is C39H81N2O6P. The second-order valence-electron chi connectivity index (χ2n) is 14.2. The van der Waals surface area contributed by atoms with Crippen molar-refractivity contribution in [3.05, 3.63) is 0 Å². The summed E-state index contributed by atoms with van der Waals surface area (Å²) in [6, 6.07) is -0.765. The lowest BCUT2D eigenvalue weighted by Gasteiger charge is -2.25. The second-order valence-corrected chi connectivity index (χ2v) is 15.7. The molecule has 0 spiro atoms. The Morgan fingerprint density at radius 3 is 1.33 bits per heavy atom. The van der Waals surface area contributed by atoms with E-state index >= 15 is 0 Å². The molecule has 3 atom stereocenters. The van der Waals surface area contributed by atoms with E-state index in [4.69, 9.17) is 14.8 Å². The first kappa shape index (κ1) is 47.5. The molecule has 0 saturated carbocycles. The highest BCUT2D eigenvalue weighted by Crippen LogP contribution is 2.43. The van der Waals surface area contributed by atoms with Gasteiger partial charge in [0.05, 0.1) is 25.4 Å². The van der Waals surface area contributed by atoms with Crippen LogP contribution in [0.5, 0.6) is 0 Å². The molecule has 0 aromatic carbocycles. The number of carbonyl (C=O) groups is 1. The van der Waals surface area contributed by atoms with E-state index in [-0.39, 0.29) is 25.7 Å². The van der Waals surface area contributed by atoms with Crippen LogP contribution in [0.15, 0.2) is 0 Å². The number of rotatable bonds is 39. The molecule has 0 aliphatic carbocycles. The fourth-order valence-corrected chi connectivity index (χ4v) is 7.07. The Bertz CT molecular complexity index is 729. The Morgan fingerprint density at radius 1 is 0.604 bits per heavy atom. The molecule has 1 unspecified atom stereocenters. The van der Waals surface area contributed by atoms with Crippen LogP contribution < -0.4 is 11.1 Å². The summed E-state index contributed by atoms with van der Waals surface area (Å²) in [7, 11) is -4.30. The molecule has 0 heterocycles. The van der Waals surface area contributed by atoms with E-state index in [1.807, 2.05) is 0 Å². The van der Waals surface area contributed by atoms with Crippen LogP contribution in [0.3, 0.4) is 0 Å². The molecule has 288 valence electrons. The van der Waals surface area contributed by atoms with Gasteiger partial charge in [-0.15, -0.1) is 0 Å². The lowest BCUT2D eigenvalue weighted by Crippen LogP contribution is -2.46. The molecule has 0 aromatic rings. The minimum atomic E-state index is -4.30. The minimum Gasteiger partial charge on any atom is -0.391 e. The Balaban J connectivity index is 4.02. The maximum Gasteiger partial charge on any atom is 0.472 e. The summed E-state index contributed by atoms with van der Waals surface area (Å²) < 4.78 is 22.1. The summed E-state index contributed by atoms with van der Waals surface area (Å²) in [5, 5.41) is 13.7. The molecule has 8 nitrogen and oxygen atoms in total. The lowest BCUT2D eigenvalue weighted by molar-refractivity contribution is -0.123. The molecule has 0 radical (unpaired) electrons. The van der Waals surface area contributed by atoms with Gasteiger partial charge in [-0.05, 0) is 12.8 Å². The van der Waals surface area contributed by atoms with Gasteiger partial charge in [-0.1, -0.05) is 194 Å². The van der Waals surface area contributed by atoms with Crippen LogP contribution in [0.2, 0.25) is 0 Å². The van der Waals surface area contributed by atoms with Gasteiger partial charge in [0.2, 0.25) is 5.91 Å². The minimum absolute atomic E-state index is 0.0920. The van der Waals surface area contributed by atoms with Crippen molar-refractivity contribution in [2.75, 3.05) is 19.8 Å². The summed E-state index contributed by atoms with van der Waals surface area (Å²) in [4.78, 5) is 22.6. The highest BCUT2D eigenvalue weighted by atomic mass is 31.2. The van der Waals surface area contributed by atoms with Gasteiger partial charge >= 0.3 is 7.82 Å². The number of aliphatic hydroxyl groups is 1. The number of nitrogens with one attached hydrogen (secondary N) is 1. The largest absolute Gasteiger partial charge is 0.472 e. The van der Waals surface area contributed by atoms with E-state index in [0.717, 1.165) is 38.5 Å². The van der Waals surface area contributed by atoms with E-state index in [2.05, 4.69) is 19.2 Å². The number of hydrogen-bond acceptors (Lipinski definition) is 6. The second kappa shape index (κ2) is 36.3. The fraction of sp³-hybridized carbons (Fsp3) is 0.974. The van der Waals surface area contributed by atoms with Crippen molar-refractivity contribution < 1.29 is 28.4 Å². The van der Waals surface area contributed by atoms with Crippen molar-refractivity contribution in [2.45, 2.75) is 225 Å². The normalized spacial score (nSPS) is 14.2. The summed E-state index contributed by atoms with van der Waals surface area (Å²) in [5.41, 5.74) is 5.36. The van der Waals surface area contributed by atoms with Crippen LogP contribution in [0, 0.1) is 0 Å². The quantitative estimate of drug-likeness (QED) is 0.0370. The third-order valence-electron chi connectivity index (χ3n) is 9.46.